The summed E-state index contributed by atoms with van der Waals surface area (Å²) >= 11 is 0. The van der Waals surface area contributed by atoms with Gasteiger partial charge in [-0.15, -0.1) is 0 Å². The quantitative estimate of drug-likeness (QED) is 0.789. The molecule has 1 aliphatic rings. The largest absolute Gasteiger partial charge is 0.369 e. The number of anilines is 1. The Morgan fingerprint density at radius 2 is 1.95 bits per heavy atom. The first-order valence-corrected chi connectivity index (χ1v) is 8.77. The summed E-state index contributed by atoms with van der Waals surface area (Å²) in [4.78, 5) is 2.64. The number of nitrogens with one attached hydrogen (secondary N) is 1. The van der Waals surface area contributed by atoms with Crippen LogP contribution < -0.4 is 10.2 Å². The lowest BCUT2D eigenvalue weighted by Gasteiger charge is -2.37. The van der Waals surface area contributed by atoms with E-state index < -0.39 is 0 Å². The summed E-state index contributed by atoms with van der Waals surface area (Å²) < 4.78 is 0. The van der Waals surface area contributed by atoms with Gasteiger partial charge in [0.2, 0.25) is 0 Å². The van der Waals surface area contributed by atoms with Crippen LogP contribution in [0.25, 0.3) is 0 Å². The molecule has 1 N–H and O–H groups in total. The standard InChI is InChI=1S/C19H32N2/c1-4-7-18-8-5-6-13-21(18)19-11-9-17(10-12-19)15-20-14-16(2)3/h9-12,16,18,20H,4-8,13-15H2,1-3H3. The van der Waals surface area contributed by atoms with Gasteiger partial charge in [-0.2, -0.15) is 0 Å². The number of nitrogens with zero attached hydrogens (tertiary/aromatic N) is 1. The molecule has 0 aliphatic carbocycles. The lowest BCUT2D eigenvalue weighted by molar-refractivity contribution is 0.435. The Morgan fingerprint density at radius 3 is 2.62 bits per heavy atom. The van der Waals surface area contributed by atoms with Gasteiger partial charge >= 0.3 is 0 Å². The van der Waals surface area contributed by atoms with Crippen LogP contribution in [0.15, 0.2) is 24.3 Å². The van der Waals surface area contributed by atoms with Crippen molar-refractivity contribution < 1.29 is 0 Å². The molecule has 0 aromatic heterocycles. The van der Waals surface area contributed by atoms with Gasteiger partial charge in [0.1, 0.15) is 0 Å². The molecular weight excluding hydrogens is 256 g/mol. The molecule has 118 valence electrons. The number of hydrogen-bond acceptors (Lipinski definition) is 2. The zero-order chi connectivity index (χ0) is 15.1. The van der Waals surface area contributed by atoms with Gasteiger partial charge in [0.15, 0.2) is 0 Å². The fourth-order valence-corrected chi connectivity index (χ4v) is 3.28. The number of hydrogen-bond donors (Lipinski definition) is 1. The Hall–Kier alpha value is -1.02. The number of rotatable bonds is 7. The Labute approximate surface area is 130 Å². The van der Waals surface area contributed by atoms with Gasteiger partial charge in [0.05, 0.1) is 0 Å². The Kier molecular flexibility index (Phi) is 6.56. The Bertz CT molecular complexity index is 395. The summed E-state index contributed by atoms with van der Waals surface area (Å²) in [5.41, 5.74) is 2.81. The van der Waals surface area contributed by atoms with Gasteiger partial charge in [0.25, 0.3) is 0 Å². The molecule has 1 aromatic carbocycles. The van der Waals surface area contributed by atoms with Crippen molar-refractivity contribution in [3.05, 3.63) is 29.8 Å². The minimum atomic E-state index is 0.715. The highest BCUT2D eigenvalue weighted by Gasteiger charge is 2.21. The molecule has 21 heavy (non-hydrogen) atoms. The molecular formula is C19H32N2. The molecule has 1 atom stereocenters. The molecule has 1 heterocycles. The van der Waals surface area contributed by atoms with Crippen LogP contribution in [0.5, 0.6) is 0 Å². The van der Waals surface area contributed by atoms with Crippen molar-refractivity contribution in [1.29, 1.82) is 0 Å². The SMILES string of the molecule is CCCC1CCCCN1c1ccc(CNCC(C)C)cc1. The average Bonchev–Trinajstić information content (AvgIpc) is 2.49. The van der Waals surface area contributed by atoms with Crippen molar-refractivity contribution in [2.75, 3.05) is 18.0 Å². The molecule has 1 aliphatic heterocycles. The van der Waals surface area contributed by atoms with Crippen molar-refractivity contribution in [3.63, 3.8) is 0 Å². The zero-order valence-corrected chi connectivity index (χ0v) is 14.1. The van der Waals surface area contributed by atoms with Crippen LogP contribution in [-0.2, 0) is 6.54 Å². The van der Waals surface area contributed by atoms with E-state index in [1.807, 2.05) is 0 Å². The first-order valence-electron chi connectivity index (χ1n) is 8.77. The normalized spacial score (nSPS) is 19.2. The van der Waals surface area contributed by atoms with Gasteiger partial charge in [-0.1, -0.05) is 39.3 Å². The van der Waals surface area contributed by atoms with Crippen molar-refractivity contribution in [1.82, 2.24) is 5.32 Å². The molecule has 0 saturated carbocycles. The first kappa shape index (κ1) is 16.4. The maximum absolute atomic E-state index is 3.52. The van der Waals surface area contributed by atoms with E-state index in [1.54, 1.807) is 0 Å². The lowest BCUT2D eigenvalue weighted by atomic mass is 9.97. The molecule has 0 amide bonds. The topological polar surface area (TPSA) is 15.3 Å². The first-order chi connectivity index (χ1) is 10.2. The molecule has 0 spiro atoms. The summed E-state index contributed by atoms with van der Waals surface area (Å²) in [5.74, 6) is 0.715. The number of piperidine rings is 1. The molecule has 2 heteroatoms. The van der Waals surface area contributed by atoms with Gasteiger partial charge in [-0.25, -0.2) is 0 Å². The Morgan fingerprint density at radius 1 is 1.19 bits per heavy atom. The van der Waals surface area contributed by atoms with Crippen LogP contribution in [0, 0.1) is 5.92 Å². The Balaban J connectivity index is 1.93. The van der Waals surface area contributed by atoms with E-state index in [-0.39, 0.29) is 0 Å². The fraction of sp³-hybridized carbons (Fsp3) is 0.684. The van der Waals surface area contributed by atoms with Crippen molar-refractivity contribution in [3.8, 4) is 0 Å². The van der Waals surface area contributed by atoms with E-state index >= 15 is 0 Å². The molecule has 1 saturated heterocycles. The van der Waals surface area contributed by atoms with Gasteiger partial charge in [0, 0.05) is 24.8 Å². The summed E-state index contributed by atoms with van der Waals surface area (Å²) in [6.45, 7) is 10.1. The second kappa shape index (κ2) is 8.43. The van der Waals surface area contributed by atoms with E-state index in [2.05, 4.69) is 55.3 Å². The van der Waals surface area contributed by atoms with Crippen LogP contribution in [0.3, 0.4) is 0 Å². The molecule has 0 radical (unpaired) electrons. The minimum Gasteiger partial charge on any atom is -0.369 e. The molecule has 0 bridgehead atoms. The van der Waals surface area contributed by atoms with Crippen molar-refractivity contribution in [2.45, 2.75) is 65.5 Å². The van der Waals surface area contributed by atoms with E-state index in [0.717, 1.165) is 19.1 Å². The summed E-state index contributed by atoms with van der Waals surface area (Å²) in [7, 11) is 0. The van der Waals surface area contributed by atoms with E-state index in [9.17, 15) is 0 Å². The predicted molar refractivity (Wildman–Crippen MR) is 92.9 cm³/mol. The molecule has 2 nitrogen and oxygen atoms in total. The zero-order valence-electron chi connectivity index (χ0n) is 14.1. The van der Waals surface area contributed by atoms with Crippen LogP contribution in [0.1, 0.15) is 58.4 Å². The monoisotopic (exact) mass is 288 g/mol. The lowest BCUT2D eigenvalue weighted by Crippen LogP contribution is -2.39. The smallest absolute Gasteiger partial charge is 0.0368 e. The molecule has 1 unspecified atom stereocenters. The number of benzene rings is 1. The van der Waals surface area contributed by atoms with Crippen LogP contribution >= 0.6 is 0 Å². The van der Waals surface area contributed by atoms with Crippen LogP contribution in [-0.4, -0.2) is 19.1 Å². The van der Waals surface area contributed by atoms with Crippen molar-refractivity contribution >= 4 is 5.69 Å². The van der Waals surface area contributed by atoms with Gasteiger partial charge in [-0.05, 0) is 55.8 Å². The maximum Gasteiger partial charge on any atom is 0.0368 e. The van der Waals surface area contributed by atoms with E-state index in [0.29, 0.717) is 5.92 Å². The van der Waals surface area contributed by atoms with Gasteiger partial charge < -0.3 is 10.2 Å². The third-order valence-corrected chi connectivity index (χ3v) is 4.40. The summed E-state index contributed by atoms with van der Waals surface area (Å²) in [5, 5.41) is 3.52. The third kappa shape index (κ3) is 5.03. The van der Waals surface area contributed by atoms with E-state index in [1.165, 1.54) is 49.9 Å². The maximum atomic E-state index is 3.52. The summed E-state index contributed by atoms with van der Waals surface area (Å²) in [6.07, 6.45) is 6.73. The van der Waals surface area contributed by atoms with Gasteiger partial charge in [-0.3, -0.25) is 0 Å². The predicted octanol–water partition coefficient (Wildman–Crippen LogP) is 4.59. The fourth-order valence-electron chi connectivity index (χ4n) is 3.28. The summed E-state index contributed by atoms with van der Waals surface area (Å²) in [6, 6.07) is 9.98. The second-order valence-electron chi connectivity index (χ2n) is 6.82. The minimum absolute atomic E-state index is 0.715. The average molecular weight is 288 g/mol. The molecule has 2 rings (SSSR count). The molecule has 1 fully saturated rings. The third-order valence-electron chi connectivity index (χ3n) is 4.40. The van der Waals surface area contributed by atoms with E-state index in [4.69, 9.17) is 0 Å². The second-order valence-corrected chi connectivity index (χ2v) is 6.82. The highest BCUT2D eigenvalue weighted by Crippen LogP contribution is 2.27. The van der Waals surface area contributed by atoms with Crippen LogP contribution in [0.4, 0.5) is 5.69 Å². The highest BCUT2D eigenvalue weighted by molar-refractivity contribution is 5.49. The van der Waals surface area contributed by atoms with Crippen molar-refractivity contribution in [2.24, 2.45) is 5.92 Å². The van der Waals surface area contributed by atoms with Crippen LogP contribution in [0.2, 0.25) is 0 Å². The molecule has 1 aromatic rings. The highest BCUT2D eigenvalue weighted by atomic mass is 15.2.